The number of sulfone groups is 1. The van der Waals surface area contributed by atoms with Gasteiger partial charge in [0.05, 0.1) is 21.6 Å². The highest BCUT2D eigenvalue weighted by Gasteiger charge is 2.39. The molecule has 3 aliphatic heterocycles. The number of amides is 1. The molecule has 0 radical (unpaired) electrons. The van der Waals surface area contributed by atoms with Gasteiger partial charge >= 0.3 is 0 Å². The zero-order valence-corrected chi connectivity index (χ0v) is 20.0. The SMILES string of the molecule is CN(C)C1CCC(S(=O)(=O)c2ccc(CNC(=O)C3CC4CCNCC4S3)cc2)CN1. The fourth-order valence-corrected chi connectivity index (χ4v) is 8.17. The van der Waals surface area contributed by atoms with Crippen molar-refractivity contribution >= 4 is 27.5 Å². The maximum atomic E-state index is 13.0. The molecule has 3 aliphatic rings. The Morgan fingerprint density at radius 3 is 2.58 bits per heavy atom. The quantitative estimate of drug-likeness (QED) is 0.580. The van der Waals surface area contributed by atoms with Gasteiger partial charge in [-0.3, -0.25) is 9.69 Å². The van der Waals surface area contributed by atoms with E-state index in [-0.39, 0.29) is 17.3 Å². The first-order valence-corrected chi connectivity index (χ1v) is 13.7. The Morgan fingerprint density at radius 1 is 1.16 bits per heavy atom. The van der Waals surface area contributed by atoms with E-state index in [4.69, 9.17) is 0 Å². The summed E-state index contributed by atoms with van der Waals surface area (Å²) in [5, 5.41) is 9.97. The van der Waals surface area contributed by atoms with Crippen molar-refractivity contribution in [2.24, 2.45) is 5.92 Å². The van der Waals surface area contributed by atoms with Gasteiger partial charge in [-0.2, -0.15) is 0 Å². The Kier molecular flexibility index (Phi) is 7.27. The predicted octanol–water partition coefficient (Wildman–Crippen LogP) is 1.20. The summed E-state index contributed by atoms with van der Waals surface area (Å²) >= 11 is 1.80. The van der Waals surface area contributed by atoms with E-state index in [1.165, 1.54) is 0 Å². The molecule has 3 heterocycles. The van der Waals surface area contributed by atoms with E-state index in [0.29, 0.717) is 35.6 Å². The third-order valence-electron chi connectivity index (χ3n) is 6.84. The molecule has 31 heavy (non-hydrogen) atoms. The average Bonchev–Trinajstić information content (AvgIpc) is 3.22. The van der Waals surface area contributed by atoms with Gasteiger partial charge in [0.25, 0.3) is 0 Å². The fraction of sp³-hybridized carbons (Fsp3) is 0.682. The number of hydrogen-bond acceptors (Lipinski definition) is 7. The summed E-state index contributed by atoms with van der Waals surface area (Å²) in [5.74, 6) is 0.744. The summed E-state index contributed by atoms with van der Waals surface area (Å²) in [7, 11) is 0.637. The van der Waals surface area contributed by atoms with Crippen molar-refractivity contribution in [1.29, 1.82) is 0 Å². The molecule has 1 aromatic rings. The topological polar surface area (TPSA) is 90.5 Å². The van der Waals surface area contributed by atoms with Crippen LogP contribution in [0.5, 0.6) is 0 Å². The zero-order chi connectivity index (χ0) is 22.0. The van der Waals surface area contributed by atoms with Crippen molar-refractivity contribution in [2.75, 3.05) is 33.7 Å². The van der Waals surface area contributed by atoms with Crippen LogP contribution in [0.2, 0.25) is 0 Å². The minimum Gasteiger partial charge on any atom is -0.351 e. The smallest absolute Gasteiger partial charge is 0.233 e. The van der Waals surface area contributed by atoms with E-state index in [0.717, 1.165) is 37.9 Å². The van der Waals surface area contributed by atoms with Crippen LogP contribution in [-0.2, 0) is 21.2 Å². The number of thioether (sulfide) groups is 1. The van der Waals surface area contributed by atoms with Gasteiger partial charge in [-0.15, -0.1) is 11.8 Å². The monoisotopic (exact) mass is 466 g/mol. The normalized spacial score (nSPS) is 31.4. The molecule has 0 saturated carbocycles. The third-order valence-corrected chi connectivity index (χ3v) is 10.7. The van der Waals surface area contributed by atoms with Crippen LogP contribution >= 0.6 is 11.8 Å². The van der Waals surface area contributed by atoms with Gasteiger partial charge in [-0.1, -0.05) is 12.1 Å². The Bertz CT molecular complexity index is 853. The van der Waals surface area contributed by atoms with Crippen LogP contribution in [0, 0.1) is 5.92 Å². The van der Waals surface area contributed by atoms with Crippen LogP contribution in [0.4, 0.5) is 0 Å². The van der Waals surface area contributed by atoms with Gasteiger partial charge in [0.2, 0.25) is 5.91 Å². The molecule has 172 valence electrons. The predicted molar refractivity (Wildman–Crippen MR) is 125 cm³/mol. The van der Waals surface area contributed by atoms with E-state index in [1.807, 2.05) is 26.2 Å². The Hall–Kier alpha value is -1.13. The van der Waals surface area contributed by atoms with Crippen molar-refractivity contribution in [3.05, 3.63) is 29.8 Å². The molecule has 3 fully saturated rings. The second kappa shape index (κ2) is 9.79. The second-order valence-electron chi connectivity index (χ2n) is 9.15. The Labute approximate surface area is 190 Å². The first-order valence-electron chi connectivity index (χ1n) is 11.2. The number of nitrogens with one attached hydrogen (secondary N) is 3. The highest BCUT2D eigenvalue weighted by atomic mass is 32.2. The van der Waals surface area contributed by atoms with E-state index in [9.17, 15) is 13.2 Å². The number of nitrogens with zero attached hydrogens (tertiary/aromatic N) is 1. The summed E-state index contributed by atoms with van der Waals surface area (Å²) in [6, 6.07) is 6.99. The molecule has 9 heteroatoms. The summed E-state index contributed by atoms with van der Waals surface area (Å²) in [6.45, 7) is 2.96. The van der Waals surface area contributed by atoms with Gasteiger partial charge < -0.3 is 16.0 Å². The molecule has 4 rings (SSSR count). The zero-order valence-electron chi connectivity index (χ0n) is 18.3. The first-order chi connectivity index (χ1) is 14.8. The lowest BCUT2D eigenvalue weighted by Gasteiger charge is -2.33. The maximum absolute atomic E-state index is 13.0. The molecule has 5 atom stereocenters. The van der Waals surface area contributed by atoms with E-state index < -0.39 is 15.1 Å². The summed E-state index contributed by atoms with van der Waals surface area (Å²) in [6.07, 6.45) is 3.83. The third kappa shape index (κ3) is 5.27. The van der Waals surface area contributed by atoms with Crippen LogP contribution in [0.15, 0.2) is 29.2 Å². The van der Waals surface area contributed by atoms with Gasteiger partial charge in [0, 0.05) is 24.9 Å². The fourth-order valence-electron chi connectivity index (χ4n) is 4.84. The lowest BCUT2D eigenvalue weighted by molar-refractivity contribution is -0.120. The molecular weight excluding hydrogens is 432 g/mol. The van der Waals surface area contributed by atoms with Crippen LogP contribution in [0.25, 0.3) is 0 Å². The maximum Gasteiger partial charge on any atom is 0.233 e. The van der Waals surface area contributed by atoms with Crippen LogP contribution < -0.4 is 16.0 Å². The molecule has 0 bridgehead atoms. The highest BCUT2D eigenvalue weighted by molar-refractivity contribution is 8.01. The summed E-state index contributed by atoms with van der Waals surface area (Å²) in [5.41, 5.74) is 0.920. The number of carbonyl (C=O) groups is 1. The molecule has 1 aromatic carbocycles. The molecule has 3 N–H and O–H groups in total. The minimum atomic E-state index is -3.36. The van der Waals surface area contributed by atoms with E-state index >= 15 is 0 Å². The molecule has 0 spiro atoms. The minimum absolute atomic E-state index is 0.0272. The van der Waals surface area contributed by atoms with Crippen LogP contribution in [0.3, 0.4) is 0 Å². The van der Waals surface area contributed by atoms with Crippen molar-refractivity contribution in [3.63, 3.8) is 0 Å². The molecule has 7 nitrogen and oxygen atoms in total. The molecule has 3 saturated heterocycles. The number of carbonyl (C=O) groups excluding carboxylic acids is 1. The Morgan fingerprint density at radius 2 is 1.94 bits per heavy atom. The van der Waals surface area contributed by atoms with Gasteiger partial charge in [0.1, 0.15) is 0 Å². The number of piperidine rings is 2. The number of hydrogen-bond donors (Lipinski definition) is 3. The van der Waals surface area contributed by atoms with Crippen molar-refractivity contribution in [2.45, 2.75) is 59.0 Å². The molecule has 0 aliphatic carbocycles. The van der Waals surface area contributed by atoms with Crippen molar-refractivity contribution in [1.82, 2.24) is 20.9 Å². The highest BCUT2D eigenvalue weighted by Crippen LogP contribution is 2.41. The number of benzene rings is 1. The summed E-state index contributed by atoms with van der Waals surface area (Å²) < 4.78 is 26.0. The number of rotatable bonds is 6. The molecule has 0 aromatic heterocycles. The average molecular weight is 467 g/mol. The largest absolute Gasteiger partial charge is 0.351 e. The van der Waals surface area contributed by atoms with Gasteiger partial charge in [0.15, 0.2) is 9.84 Å². The van der Waals surface area contributed by atoms with Crippen LogP contribution in [-0.4, -0.2) is 74.9 Å². The van der Waals surface area contributed by atoms with Crippen molar-refractivity contribution in [3.8, 4) is 0 Å². The molecule has 5 unspecified atom stereocenters. The molecular formula is C22H34N4O3S2. The van der Waals surface area contributed by atoms with Gasteiger partial charge in [-0.25, -0.2) is 8.42 Å². The number of fused-ring (bicyclic) bond motifs is 1. The lowest BCUT2D eigenvalue weighted by Crippen LogP contribution is -2.50. The van der Waals surface area contributed by atoms with E-state index in [1.54, 1.807) is 23.9 Å². The standard InChI is InChI=1S/C22H34N4O3S2/c1-26(2)21-8-7-18(13-24-21)31(28,29)17-5-3-15(4-6-17)12-25-22(27)19-11-16-9-10-23-14-20(16)30-19/h3-6,16,18-21,23-24H,7-14H2,1-2H3,(H,25,27). The summed E-state index contributed by atoms with van der Waals surface area (Å²) in [4.78, 5) is 15.1. The first kappa shape index (κ1) is 23.0. The second-order valence-corrected chi connectivity index (χ2v) is 12.8. The Balaban J connectivity index is 1.29. The van der Waals surface area contributed by atoms with Crippen molar-refractivity contribution < 1.29 is 13.2 Å². The van der Waals surface area contributed by atoms with Gasteiger partial charge in [-0.05, 0) is 69.9 Å². The lowest BCUT2D eigenvalue weighted by atomic mass is 9.93. The van der Waals surface area contributed by atoms with Crippen LogP contribution in [0.1, 0.15) is 31.2 Å². The molecule has 1 amide bonds. The van der Waals surface area contributed by atoms with E-state index in [2.05, 4.69) is 20.9 Å².